The molecule has 100 heavy (non-hydrogen) atoms. The number of esters is 4. The molecule has 5 aliphatic rings. The first-order valence-electron chi connectivity index (χ1n) is 31.7. The molecule has 0 amide bonds. The molecule has 4 atom stereocenters. The van der Waals surface area contributed by atoms with Crippen LogP contribution in [0.3, 0.4) is 0 Å². The van der Waals surface area contributed by atoms with Gasteiger partial charge in [-0.2, -0.15) is 0 Å². The Hall–Kier alpha value is -5.78. The van der Waals surface area contributed by atoms with Crippen molar-refractivity contribution >= 4 is 93.1 Å². The molecule has 18 heteroatoms. The minimum atomic E-state index is -1.57. The molecule has 15 rings (SSSR count). The number of alkyl halides is 4. The molecule has 524 valence electrons. The molecule has 0 bridgehead atoms. The van der Waals surface area contributed by atoms with E-state index in [4.69, 9.17) is 18.9 Å². The molecule has 0 saturated carbocycles. The third-order valence-electron chi connectivity index (χ3n) is 18.2. The van der Waals surface area contributed by atoms with E-state index < -0.39 is 62.6 Å². The minimum absolute atomic E-state index is 0. The second kappa shape index (κ2) is 38.1. The van der Waals surface area contributed by atoms with Crippen LogP contribution in [-0.2, 0) is 79.0 Å². The summed E-state index contributed by atoms with van der Waals surface area (Å²) in [5.74, 6) is -2.49. The first kappa shape index (κ1) is 81.5. The van der Waals surface area contributed by atoms with E-state index in [2.05, 4.69) is 265 Å². The average molecular weight is 1820 g/mol. The van der Waals surface area contributed by atoms with E-state index >= 15 is 0 Å². The Bertz CT molecular complexity index is 3880. The van der Waals surface area contributed by atoms with Crippen LogP contribution in [0.5, 0.6) is 0 Å². The largest absolute Gasteiger partial charge is 1.00 e. The van der Waals surface area contributed by atoms with Gasteiger partial charge in [-0.25, -0.2) is 0 Å². The van der Waals surface area contributed by atoms with Gasteiger partial charge in [0.25, 0.3) is 21.6 Å². The smallest absolute Gasteiger partial charge is 0.393 e. The van der Waals surface area contributed by atoms with E-state index in [-0.39, 0.29) is 101 Å². The Morgan fingerprint density at radius 2 is 0.620 bits per heavy atom. The molecule has 10 aromatic carbocycles. The number of rotatable bonds is 10. The molecule has 5 heterocycles. The van der Waals surface area contributed by atoms with Gasteiger partial charge in [-0.15, -0.1) is 11.8 Å². The summed E-state index contributed by atoms with van der Waals surface area (Å²) >= 11 is 0. The zero-order valence-corrected chi connectivity index (χ0v) is 66.6. The van der Waals surface area contributed by atoms with Crippen molar-refractivity contribution in [2.24, 2.45) is 10.8 Å². The second-order valence-corrected chi connectivity index (χ2v) is 30.5. The van der Waals surface area contributed by atoms with E-state index in [0.717, 1.165) is 43.8 Å². The predicted octanol–water partition coefficient (Wildman–Crippen LogP) is 7.01. The maximum atomic E-state index is 12.9. The first-order valence-corrected chi connectivity index (χ1v) is 36.5. The maximum Gasteiger partial charge on any atom is 0.393 e. The predicted molar refractivity (Wildman–Crippen MR) is 384 cm³/mol. The number of ether oxygens (including phenoxy) is 4. The third kappa shape index (κ3) is 16.7. The number of halogens is 4. The normalized spacial score (nSPS) is 17.7. The number of benzene rings is 10. The molecule has 10 aromatic rings. The summed E-state index contributed by atoms with van der Waals surface area (Å²) in [5, 5.41) is 15.2. The van der Waals surface area contributed by atoms with Crippen molar-refractivity contribution in [1.82, 2.24) is 9.80 Å². The zero-order chi connectivity index (χ0) is 67.3. The van der Waals surface area contributed by atoms with E-state index in [1.807, 2.05) is 48.5 Å². The number of hydrogen-bond donors (Lipinski definition) is 0. The van der Waals surface area contributed by atoms with Crippen LogP contribution in [0.1, 0.15) is 46.2 Å². The van der Waals surface area contributed by atoms with E-state index in [1.165, 1.54) is 70.9 Å². The molecule has 10 nitrogen and oxygen atoms in total. The fourth-order valence-corrected chi connectivity index (χ4v) is 19.3. The number of fused-ring (bicyclic) bond motifs is 10. The molecule has 0 unspecified atom stereocenters. The molecule has 0 aromatic heterocycles. The molecule has 0 spiro atoms. The van der Waals surface area contributed by atoms with Gasteiger partial charge in [-0.1, -0.05) is 279 Å². The maximum absolute atomic E-state index is 12.9. The molecule has 3 saturated heterocycles. The van der Waals surface area contributed by atoms with Gasteiger partial charge < -0.3 is 80.7 Å². The van der Waals surface area contributed by atoms with Gasteiger partial charge in [0.15, 0.2) is 0 Å². The number of hydrogen-bond acceptors (Lipinski definition) is 10. The van der Waals surface area contributed by atoms with Gasteiger partial charge in [0, 0.05) is 53.9 Å². The van der Waals surface area contributed by atoms with Crippen LogP contribution in [0.4, 0.5) is 0 Å². The van der Waals surface area contributed by atoms with Gasteiger partial charge in [0.2, 0.25) is 10.8 Å². The Morgan fingerprint density at radius 1 is 0.390 bits per heavy atom. The third-order valence-corrected chi connectivity index (χ3v) is 25.4. The summed E-state index contributed by atoms with van der Waals surface area (Å²) in [6.07, 6.45) is 0. The number of methoxy groups -OCH3 is 4. The van der Waals surface area contributed by atoms with Crippen LogP contribution < -0.4 is 79.8 Å². The fourth-order valence-electron chi connectivity index (χ4n) is 14.1. The van der Waals surface area contributed by atoms with E-state index in [1.54, 1.807) is 0 Å². The first-order chi connectivity index (χ1) is 46.8. The Morgan fingerprint density at radius 3 is 0.850 bits per heavy atom. The van der Waals surface area contributed by atoms with Crippen LogP contribution in [0.2, 0.25) is 0 Å². The van der Waals surface area contributed by atoms with Crippen molar-refractivity contribution in [2.75, 3.05) is 65.3 Å². The van der Waals surface area contributed by atoms with Gasteiger partial charge >= 0.3 is 34.6 Å². The fraction of sp³-hybridized carbons (Fsp3) is 0.195. The summed E-state index contributed by atoms with van der Waals surface area (Å²) in [4.78, 5) is 55.9. The molecular formula is C82H78Cl2I2N2O8P2Pd2-2. The van der Waals surface area contributed by atoms with Gasteiger partial charge in [0.05, 0.1) is 40.5 Å². The van der Waals surface area contributed by atoms with E-state index in [9.17, 15) is 19.2 Å². The standard InChI is InChI=1S/2C22H22NO4.2C18H15P.C2H4Cl2.2HI.2Pd/c2*1-13-11-23-12-14(2)22(20(24)26-3,21(25)27-4)19(23)17-10-9-15-7-5-6-8-16(15)18(13)17;2*1-4-10-16(11-5-1)19(17-12-6-2-7-13-17)18-14-8-3-9-15-18;1-3-2-4-1;;;;/h2*5-10,13,19H,1-2,11-12H2,3-4H3;2*1-15H;1-2H2;2*1H;;/q2*-1;;;+2;;;;/p-2/t2*13-,19-;;;;;;;/m10......./s1. The average Bonchev–Trinajstić information content (AvgIpc) is 1.52. The molecule has 0 N–H and O–H groups in total. The van der Waals surface area contributed by atoms with Crippen molar-refractivity contribution < 1.29 is 149 Å². The summed E-state index contributed by atoms with van der Waals surface area (Å²) in [6.45, 7) is 18.9. The molecule has 5 aliphatic heterocycles. The zero-order valence-electron chi connectivity index (χ0n) is 55.8. The van der Waals surface area contributed by atoms with E-state index in [0.29, 0.717) is 37.3 Å². The van der Waals surface area contributed by atoms with Gasteiger partial charge in [-0.05, 0) is 105 Å². The van der Waals surface area contributed by atoms with Crippen LogP contribution in [0.15, 0.2) is 279 Å². The summed E-state index contributed by atoms with van der Waals surface area (Å²) in [5.41, 5.74) is 1.83. The van der Waals surface area contributed by atoms with Gasteiger partial charge in [0.1, 0.15) is 0 Å². The summed E-state index contributed by atoms with van der Waals surface area (Å²) < 4.78 is 20.3. The molecular weight excluding hydrogens is 1740 g/mol. The Balaban J connectivity index is 0.000000183. The SMILES string of the molecule is C1[Cl+]C[Cl+]1.C=C1CN2C[C@@H]([CH2-])c3c(ccc4ccccc34)[C@@H]2C1(C(=O)OC)C(=O)OC.C=C1CN2C[C@H]([CH2-])c3c(ccc4ccccc34)[C@H]2C1(C(=O)OC)C(=O)OC.[I-].[I-].[Pd].[Pd].c1ccc(P(c2ccccc2)c2ccccc2)cc1.c1ccc(P(c2ccccc2)c2ccccc2)cc1. The quantitative estimate of drug-likeness (QED) is 0.0163. The van der Waals surface area contributed by atoms with Crippen LogP contribution in [0.25, 0.3) is 21.5 Å². The number of carbonyl (C=O) groups excluding carboxylic acids is 4. The van der Waals surface area contributed by atoms with Crippen molar-refractivity contribution in [3.8, 4) is 0 Å². The Labute approximate surface area is 660 Å². The number of nitrogens with zero attached hydrogens (tertiary/aromatic N) is 2. The monoisotopic (exact) mass is 1820 g/mol. The van der Waals surface area contributed by atoms with Gasteiger partial charge in [-0.3, -0.25) is 29.0 Å². The Kier molecular flexibility index (Phi) is 31.1. The van der Waals surface area contributed by atoms with Crippen molar-refractivity contribution in [1.29, 1.82) is 0 Å². The summed E-state index contributed by atoms with van der Waals surface area (Å²) in [7, 11) is 8.93. The van der Waals surface area contributed by atoms with Crippen LogP contribution in [-0.4, -0.2) is 99.0 Å². The number of carbonyl (C=O) groups is 4. The topological polar surface area (TPSA) is 112 Å². The molecule has 3 fully saturated rings. The van der Waals surface area contributed by atoms with Crippen molar-refractivity contribution in [3.05, 3.63) is 315 Å². The summed E-state index contributed by atoms with van der Waals surface area (Å²) in [6, 6.07) is 87.8. The molecule has 0 aliphatic carbocycles. The van der Waals surface area contributed by atoms with Crippen LogP contribution in [0, 0.1) is 46.3 Å². The minimum Gasteiger partial charge on any atom is -1.00 e. The van der Waals surface area contributed by atoms with Crippen molar-refractivity contribution in [3.63, 3.8) is 0 Å². The van der Waals surface area contributed by atoms with Crippen LogP contribution >= 0.6 is 15.8 Å². The second-order valence-electron chi connectivity index (χ2n) is 23.7. The van der Waals surface area contributed by atoms with Crippen molar-refractivity contribution in [2.45, 2.75) is 23.9 Å². The molecule has 0 radical (unpaired) electrons.